The number of benzene rings is 1. The molecule has 2 aromatic rings. The second kappa shape index (κ2) is 4.40. The van der Waals surface area contributed by atoms with E-state index in [0.29, 0.717) is 5.82 Å². The van der Waals surface area contributed by atoms with Crippen molar-refractivity contribution < 1.29 is 9.90 Å². The van der Waals surface area contributed by atoms with Gasteiger partial charge in [0.05, 0.1) is 6.20 Å². The number of thioether (sulfide) groups is 1. The lowest BCUT2D eigenvalue weighted by molar-refractivity contribution is 0.0691. The molecule has 0 unspecified atom stereocenters. The average molecular weight is 234 g/mol. The minimum Gasteiger partial charge on any atom is -0.477 e. The van der Waals surface area contributed by atoms with E-state index in [9.17, 15) is 4.79 Å². The van der Waals surface area contributed by atoms with Crippen LogP contribution in [0.25, 0.3) is 11.4 Å². The first-order valence-corrected chi connectivity index (χ1v) is 5.86. The van der Waals surface area contributed by atoms with Gasteiger partial charge in [0.2, 0.25) is 0 Å². The number of aromatic carboxylic acids is 1. The highest BCUT2D eigenvalue weighted by atomic mass is 32.2. The van der Waals surface area contributed by atoms with Gasteiger partial charge in [0.15, 0.2) is 0 Å². The lowest BCUT2D eigenvalue weighted by Crippen LogP contribution is -1.95. The summed E-state index contributed by atoms with van der Waals surface area (Å²) >= 11 is 1.66. The maximum absolute atomic E-state index is 10.7. The molecule has 0 aliphatic heterocycles. The molecular weight excluding hydrogens is 224 g/mol. The van der Waals surface area contributed by atoms with Gasteiger partial charge >= 0.3 is 5.97 Å². The minimum atomic E-state index is -1.00. The SMILES string of the molecule is CSc1ccc(-c2ncc(C(=O)O)[nH]2)cc1. The van der Waals surface area contributed by atoms with Gasteiger partial charge < -0.3 is 10.1 Å². The van der Waals surface area contributed by atoms with Gasteiger partial charge in [0.25, 0.3) is 0 Å². The molecule has 2 rings (SSSR count). The number of rotatable bonds is 3. The van der Waals surface area contributed by atoms with Crippen LogP contribution in [0.4, 0.5) is 0 Å². The van der Waals surface area contributed by atoms with Gasteiger partial charge in [-0.25, -0.2) is 9.78 Å². The second-order valence-corrected chi connectivity index (χ2v) is 4.06. The van der Waals surface area contributed by atoms with Gasteiger partial charge in [-0.3, -0.25) is 0 Å². The molecule has 0 aliphatic carbocycles. The fourth-order valence-corrected chi connectivity index (χ4v) is 1.73. The Bertz CT molecular complexity index is 505. The molecule has 0 saturated heterocycles. The maximum atomic E-state index is 10.7. The number of aromatic nitrogens is 2. The molecule has 0 fully saturated rings. The molecule has 0 atom stereocenters. The third-order valence-electron chi connectivity index (χ3n) is 2.17. The Morgan fingerprint density at radius 2 is 2.06 bits per heavy atom. The molecule has 4 nitrogen and oxygen atoms in total. The standard InChI is InChI=1S/C11H10N2O2S/c1-16-8-4-2-7(3-5-8)10-12-6-9(13-10)11(14)15/h2-6H,1H3,(H,12,13)(H,14,15). The molecule has 1 heterocycles. The number of hydrogen-bond donors (Lipinski definition) is 2. The van der Waals surface area contributed by atoms with Crippen LogP contribution < -0.4 is 0 Å². The van der Waals surface area contributed by atoms with Crippen molar-refractivity contribution in [1.29, 1.82) is 0 Å². The zero-order chi connectivity index (χ0) is 11.5. The first kappa shape index (κ1) is 10.8. The summed E-state index contributed by atoms with van der Waals surface area (Å²) in [4.78, 5) is 18.6. The number of nitrogens with one attached hydrogen (secondary N) is 1. The Labute approximate surface area is 96.7 Å². The molecule has 0 amide bonds. The lowest BCUT2D eigenvalue weighted by Gasteiger charge is -1.98. The average Bonchev–Trinajstić information content (AvgIpc) is 2.78. The first-order chi connectivity index (χ1) is 7.70. The smallest absolute Gasteiger partial charge is 0.353 e. The lowest BCUT2D eigenvalue weighted by atomic mass is 10.2. The van der Waals surface area contributed by atoms with Crippen LogP contribution in [0, 0.1) is 0 Å². The third kappa shape index (κ3) is 2.09. The van der Waals surface area contributed by atoms with E-state index >= 15 is 0 Å². The maximum Gasteiger partial charge on any atom is 0.353 e. The largest absolute Gasteiger partial charge is 0.477 e. The Morgan fingerprint density at radius 3 is 2.56 bits per heavy atom. The normalized spacial score (nSPS) is 10.3. The summed E-state index contributed by atoms with van der Waals surface area (Å²) in [5.41, 5.74) is 0.981. The predicted octanol–water partition coefficient (Wildman–Crippen LogP) is 2.50. The summed E-state index contributed by atoms with van der Waals surface area (Å²) < 4.78 is 0. The Kier molecular flexibility index (Phi) is 2.96. The van der Waals surface area contributed by atoms with E-state index in [4.69, 9.17) is 5.11 Å². The van der Waals surface area contributed by atoms with E-state index in [-0.39, 0.29) is 5.69 Å². The Hall–Kier alpha value is -1.75. The number of H-pyrrole nitrogens is 1. The molecule has 2 N–H and O–H groups in total. The van der Waals surface area contributed by atoms with Crippen LogP contribution in [0.1, 0.15) is 10.5 Å². The molecule has 0 bridgehead atoms. The molecule has 16 heavy (non-hydrogen) atoms. The van der Waals surface area contributed by atoms with E-state index in [2.05, 4.69) is 9.97 Å². The van der Waals surface area contributed by atoms with Crippen molar-refractivity contribution in [2.24, 2.45) is 0 Å². The van der Waals surface area contributed by atoms with Gasteiger partial charge in [-0.05, 0) is 18.4 Å². The van der Waals surface area contributed by atoms with Crippen molar-refractivity contribution in [3.8, 4) is 11.4 Å². The summed E-state index contributed by atoms with van der Waals surface area (Å²) in [5.74, 6) is -0.426. The minimum absolute atomic E-state index is 0.101. The second-order valence-electron chi connectivity index (χ2n) is 3.18. The van der Waals surface area contributed by atoms with Crippen LogP contribution in [-0.2, 0) is 0 Å². The fraction of sp³-hybridized carbons (Fsp3) is 0.0909. The van der Waals surface area contributed by atoms with Crippen LogP contribution in [0.15, 0.2) is 35.4 Å². The van der Waals surface area contributed by atoms with Crippen molar-refractivity contribution in [1.82, 2.24) is 9.97 Å². The summed E-state index contributed by atoms with van der Waals surface area (Å²) in [5, 5.41) is 8.75. The number of aromatic amines is 1. The van der Waals surface area contributed by atoms with Gasteiger partial charge in [-0.2, -0.15) is 0 Å². The highest BCUT2D eigenvalue weighted by Gasteiger charge is 2.08. The van der Waals surface area contributed by atoms with E-state index in [1.54, 1.807) is 11.8 Å². The molecular formula is C11H10N2O2S. The number of carbonyl (C=O) groups is 1. The van der Waals surface area contributed by atoms with Gasteiger partial charge in [0, 0.05) is 10.5 Å². The highest BCUT2D eigenvalue weighted by molar-refractivity contribution is 7.98. The van der Waals surface area contributed by atoms with E-state index in [1.165, 1.54) is 6.20 Å². The summed E-state index contributed by atoms with van der Waals surface area (Å²) in [6.07, 6.45) is 3.32. The van der Waals surface area contributed by atoms with Gasteiger partial charge in [-0.1, -0.05) is 12.1 Å². The van der Waals surface area contributed by atoms with Crippen LogP contribution in [-0.4, -0.2) is 27.3 Å². The first-order valence-electron chi connectivity index (χ1n) is 4.63. The Balaban J connectivity index is 2.31. The van der Waals surface area contributed by atoms with Crippen LogP contribution in [0.3, 0.4) is 0 Å². The van der Waals surface area contributed by atoms with Crippen LogP contribution in [0.5, 0.6) is 0 Å². The molecule has 1 aromatic carbocycles. The number of carboxylic acids is 1. The van der Waals surface area contributed by atoms with Crippen molar-refractivity contribution >= 4 is 17.7 Å². The summed E-state index contributed by atoms with van der Waals surface area (Å²) in [6, 6.07) is 7.78. The Morgan fingerprint density at radius 1 is 1.38 bits per heavy atom. The van der Waals surface area contributed by atoms with Gasteiger partial charge in [0.1, 0.15) is 11.5 Å². The van der Waals surface area contributed by atoms with E-state index in [1.807, 2.05) is 30.5 Å². The molecule has 0 spiro atoms. The molecule has 1 aromatic heterocycles. The molecule has 5 heteroatoms. The number of imidazole rings is 1. The number of carboxylic acid groups (broad SMARTS) is 1. The number of hydrogen-bond acceptors (Lipinski definition) is 3. The zero-order valence-corrected chi connectivity index (χ0v) is 9.41. The summed E-state index contributed by atoms with van der Waals surface area (Å²) in [6.45, 7) is 0. The highest BCUT2D eigenvalue weighted by Crippen LogP contribution is 2.20. The van der Waals surface area contributed by atoms with Gasteiger partial charge in [-0.15, -0.1) is 11.8 Å². The molecule has 0 radical (unpaired) electrons. The van der Waals surface area contributed by atoms with Crippen molar-refractivity contribution in [3.63, 3.8) is 0 Å². The number of nitrogens with zero attached hydrogens (tertiary/aromatic N) is 1. The zero-order valence-electron chi connectivity index (χ0n) is 8.60. The molecule has 0 saturated carbocycles. The van der Waals surface area contributed by atoms with E-state index in [0.717, 1.165) is 10.5 Å². The predicted molar refractivity (Wildman–Crippen MR) is 62.8 cm³/mol. The van der Waals surface area contributed by atoms with Crippen molar-refractivity contribution in [2.45, 2.75) is 4.90 Å². The third-order valence-corrected chi connectivity index (χ3v) is 2.91. The van der Waals surface area contributed by atoms with Crippen molar-refractivity contribution in [3.05, 3.63) is 36.2 Å². The fourth-order valence-electron chi connectivity index (χ4n) is 1.33. The summed E-state index contributed by atoms with van der Waals surface area (Å²) in [7, 11) is 0. The van der Waals surface area contributed by atoms with E-state index < -0.39 is 5.97 Å². The monoisotopic (exact) mass is 234 g/mol. The molecule has 82 valence electrons. The topological polar surface area (TPSA) is 66.0 Å². The van der Waals surface area contributed by atoms with Crippen LogP contribution in [0.2, 0.25) is 0 Å². The molecule has 0 aliphatic rings. The quantitative estimate of drug-likeness (QED) is 0.801. The van der Waals surface area contributed by atoms with Crippen molar-refractivity contribution in [2.75, 3.05) is 6.26 Å². The van der Waals surface area contributed by atoms with Crippen LogP contribution >= 0.6 is 11.8 Å².